The molecule has 0 saturated carbocycles. The first-order valence-electron chi connectivity index (χ1n) is 10.0. The van der Waals surface area contributed by atoms with Gasteiger partial charge < -0.3 is 4.90 Å². The lowest BCUT2D eigenvalue weighted by atomic mass is 9.96. The Balaban J connectivity index is 1.43. The van der Waals surface area contributed by atoms with E-state index in [1.807, 2.05) is 19.1 Å². The van der Waals surface area contributed by atoms with Gasteiger partial charge in [0, 0.05) is 30.9 Å². The zero-order chi connectivity index (χ0) is 23.0. The second-order valence-corrected chi connectivity index (χ2v) is 9.76. The molecule has 4 rings (SSSR count). The number of rotatable bonds is 6. The second kappa shape index (κ2) is 9.05. The Morgan fingerprint density at radius 3 is 2.53 bits per heavy atom. The van der Waals surface area contributed by atoms with Crippen molar-refractivity contribution in [3.63, 3.8) is 0 Å². The van der Waals surface area contributed by atoms with Gasteiger partial charge in [0.15, 0.2) is 5.13 Å². The molecule has 0 bridgehead atoms. The summed E-state index contributed by atoms with van der Waals surface area (Å²) in [6.07, 6.45) is 0. The molecule has 168 valence electrons. The third kappa shape index (κ3) is 4.30. The normalized spacial score (nSPS) is 14.8. The third-order valence-corrected chi connectivity index (χ3v) is 7.82. The Bertz CT molecular complexity index is 1180. The molecule has 2 aromatic carbocycles. The first-order valence-corrected chi connectivity index (χ1v) is 12.1. The van der Waals surface area contributed by atoms with Crippen LogP contribution in [0.3, 0.4) is 0 Å². The summed E-state index contributed by atoms with van der Waals surface area (Å²) in [4.78, 5) is 21.0. The van der Waals surface area contributed by atoms with Crippen molar-refractivity contribution < 1.29 is 17.8 Å². The number of aryl methyl sites for hydroxylation is 1. The van der Waals surface area contributed by atoms with Gasteiger partial charge in [-0.1, -0.05) is 23.5 Å². The highest BCUT2D eigenvalue weighted by Gasteiger charge is 2.36. The van der Waals surface area contributed by atoms with Crippen LogP contribution in [-0.4, -0.2) is 34.7 Å². The molecule has 2 heterocycles. The van der Waals surface area contributed by atoms with Crippen molar-refractivity contribution in [2.45, 2.75) is 18.1 Å². The van der Waals surface area contributed by atoms with E-state index in [-0.39, 0.29) is 17.4 Å². The number of amides is 1. The molecule has 32 heavy (non-hydrogen) atoms. The average molecular weight is 477 g/mol. The van der Waals surface area contributed by atoms with E-state index < -0.39 is 22.6 Å². The Morgan fingerprint density at radius 1 is 1.25 bits per heavy atom. The van der Waals surface area contributed by atoms with Crippen molar-refractivity contribution >= 4 is 39.0 Å². The van der Waals surface area contributed by atoms with Gasteiger partial charge in [-0.2, -0.15) is 0 Å². The molecule has 2 N–H and O–H groups in total. The minimum absolute atomic E-state index is 0.0368. The summed E-state index contributed by atoms with van der Waals surface area (Å²) in [5.41, 5.74) is 2.28. The molecule has 1 aliphatic rings. The van der Waals surface area contributed by atoms with Gasteiger partial charge in [-0.25, -0.2) is 23.1 Å². The molecule has 0 spiro atoms. The summed E-state index contributed by atoms with van der Waals surface area (Å²) < 4.78 is 39.6. The van der Waals surface area contributed by atoms with Crippen LogP contribution in [0.15, 0.2) is 46.7 Å². The molecule has 1 unspecified atom stereocenters. The number of carbonyl (C=O) groups is 1. The van der Waals surface area contributed by atoms with Gasteiger partial charge in [0.25, 0.3) is 0 Å². The van der Waals surface area contributed by atoms with Gasteiger partial charge in [0.05, 0.1) is 11.6 Å². The highest BCUT2D eigenvalue weighted by atomic mass is 32.2. The lowest BCUT2D eigenvalue weighted by molar-refractivity contribution is -0.123. The zero-order valence-corrected chi connectivity index (χ0v) is 19.2. The first-order chi connectivity index (χ1) is 15.3. The zero-order valence-electron chi connectivity index (χ0n) is 17.5. The molecule has 6 nitrogen and oxygen atoms in total. The van der Waals surface area contributed by atoms with E-state index >= 15 is 0 Å². The Morgan fingerprint density at radius 2 is 1.94 bits per heavy atom. The Hall–Kier alpha value is -2.69. The quantitative estimate of drug-likeness (QED) is 0.586. The lowest BCUT2D eigenvalue weighted by Crippen LogP contribution is -2.54. The van der Waals surface area contributed by atoms with Gasteiger partial charge >= 0.3 is 0 Å². The fraction of sp³-hybridized carbons (Fsp3) is 0.273. The summed E-state index contributed by atoms with van der Waals surface area (Å²) in [7, 11) is -1.63. The van der Waals surface area contributed by atoms with Crippen LogP contribution in [0.4, 0.5) is 19.6 Å². The van der Waals surface area contributed by atoms with E-state index in [1.165, 1.54) is 17.4 Å². The maximum atomic E-state index is 14.0. The van der Waals surface area contributed by atoms with Crippen molar-refractivity contribution in [1.82, 2.24) is 4.98 Å². The number of nitrogens with two attached hydrogens (primary N) is 1. The minimum atomic E-state index is -1.63. The molecule has 1 amide bonds. The van der Waals surface area contributed by atoms with Crippen molar-refractivity contribution in [2.75, 3.05) is 29.4 Å². The molecule has 3 aromatic rings. The molecule has 1 fully saturated rings. The second-order valence-electron chi connectivity index (χ2n) is 7.52. The number of aromatic nitrogens is 1. The van der Waals surface area contributed by atoms with Gasteiger partial charge in [-0.3, -0.25) is 9.69 Å². The van der Waals surface area contributed by atoms with Gasteiger partial charge in [0.2, 0.25) is 5.91 Å². The van der Waals surface area contributed by atoms with E-state index in [2.05, 4.69) is 9.88 Å². The van der Waals surface area contributed by atoms with Crippen LogP contribution in [0.1, 0.15) is 12.6 Å². The summed E-state index contributed by atoms with van der Waals surface area (Å²) in [5.74, 6) is -1.20. The summed E-state index contributed by atoms with van der Waals surface area (Å²) >= 11 is 1.18. The molecular formula is C22H22F2N4O2S2. The molecule has 1 atom stereocenters. The fourth-order valence-corrected chi connectivity index (χ4v) is 5.45. The maximum absolute atomic E-state index is 14.0. The number of halogens is 2. The predicted octanol–water partition coefficient (Wildman–Crippen LogP) is 3.87. The summed E-state index contributed by atoms with van der Waals surface area (Å²) in [6.45, 7) is 5.14. The molecule has 1 aliphatic heterocycles. The average Bonchev–Trinajstić information content (AvgIpc) is 3.11. The molecule has 10 heteroatoms. The van der Waals surface area contributed by atoms with Crippen molar-refractivity contribution in [1.29, 1.82) is 0 Å². The maximum Gasteiger partial charge on any atom is 0.235 e. The number of carbonyl (C=O) groups excluding carboxylic acids is 1. The summed E-state index contributed by atoms with van der Waals surface area (Å²) in [5, 5.41) is 5.99. The molecular weight excluding hydrogens is 454 g/mol. The topological polar surface area (TPSA) is 79.5 Å². The van der Waals surface area contributed by atoms with Crippen molar-refractivity contribution in [3.8, 4) is 11.1 Å². The number of hydrogen-bond donors (Lipinski definition) is 1. The van der Waals surface area contributed by atoms with Crippen LogP contribution >= 0.6 is 11.3 Å². The predicted molar refractivity (Wildman–Crippen MR) is 123 cm³/mol. The standard InChI is InChI=1S/C22H22F2N4O2S2/c1-3-28(22-26-13(2)21(31-22)32(25)30)20(29)15-11-27(12-15)17-7-4-14(5-8-17)18-10-16(23)6-9-19(18)24/h4-10,15H,3,11-12,25H2,1-2H3. The van der Waals surface area contributed by atoms with Crippen LogP contribution in [-0.2, 0) is 15.8 Å². The number of thiazole rings is 1. The molecule has 1 saturated heterocycles. The smallest absolute Gasteiger partial charge is 0.235 e. The van der Waals surface area contributed by atoms with E-state index in [0.29, 0.717) is 40.2 Å². The van der Waals surface area contributed by atoms with E-state index in [4.69, 9.17) is 5.14 Å². The molecule has 0 radical (unpaired) electrons. The third-order valence-electron chi connectivity index (χ3n) is 5.44. The van der Waals surface area contributed by atoms with Crippen LogP contribution < -0.4 is 14.9 Å². The highest BCUT2D eigenvalue weighted by Crippen LogP contribution is 2.33. The Kier molecular flexibility index (Phi) is 6.36. The van der Waals surface area contributed by atoms with Crippen LogP contribution in [0.2, 0.25) is 0 Å². The van der Waals surface area contributed by atoms with Gasteiger partial charge in [-0.05, 0) is 49.7 Å². The SMILES string of the molecule is CCN(C(=O)C1CN(c2ccc(-c3cc(F)ccc3F)cc2)C1)c1nc(C)c(S(N)=O)s1. The largest absolute Gasteiger partial charge is 0.370 e. The van der Waals surface area contributed by atoms with Gasteiger partial charge in [-0.15, -0.1) is 0 Å². The fourth-order valence-electron chi connectivity index (χ4n) is 3.69. The highest BCUT2D eigenvalue weighted by molar-refractivity contribution is 7.85. The van der Waals surface area contributed by atoms with Crippen molar-refractivity contribution in [2.24, 2.45) is 11.1 Å². The number of benzene rings is 2. The number of hydrogen-bond acceptors (Lipinski definition) is 5. The number of anilines is 2. The minimum Gasteiger partial charge on any atom is -0.370 e. The monoisotopic (exact) mass is 476 g/mol. The van der Waals surface area contributed by atoms with Crippen LogP contribution in [0.25, 0.3) is 11.1 Å². The van der Waals surface area contributed by atoms with E-state index in [9.17, 15) is 17.8 Å². The molecule has 1 aromatic heterocycles. The van der Waals surface area contributed by atoms with E-state index in [0.717, 1.165) is 17.8 Å². The first kappa shape index (κ1) is 22.5. The van der Waals surface area contributed by atoms with Crippen LogP contribution in [0, 0.1) is 24.5 Å². The van der Waals surface area contributed by atoms with E-state index in [1.54, 1.807) is 24.0 Å². The summed E-state index contributed by atoms with van der Waals surface area (Å²) in [6, 6.07) is 10.5. The molecule has 0 aliphatic carbocycles. The number of nitrogens with zero attached hydrogens (tertiary/aromatic N) is 3. The van der Waals surface area contributed by atoms with Gasteiger partial charge in [0.1, 0.15) is 26.8 Å². The lowest BCUT2D eigenvalue weighted by Gasteiger charge is -2.41. The van der Waals surface area contributed by atoms with Crippen molar-refractivity contribution in [3.05, 3.63) is 59.8 Å². The van der Waals surface area contributed by atoms with Crippen LogP contribution in [0.5, 0.6) is 0 Å². The Labute approximate surface area is 191 Å².